The average Bonchev–Trinajstić information content (AvgIpc) is 2.60. The van der Waals surface area contributed by atoms with Crippen LogP contribution < -0.4 is 0 Å². The Morgan fingerprint density at radius 1 is 0.538 bits per heavy atom. The highest BCUT2D eigenvalue weighted by Gasteiger charge is 2.51. The molecule has 2 radical (unpaired) electrons. The monoisotopic (exact) mass is 368 g/mol. The first-order valence-electron chi connectivity index (χ1n) is 11.9. The van der Waals surface area contributed by atoms with E-state index in [1.165, 1.54) is 106 Å². The molecule has 0 amide bonds. The van der Waals surface area contributed by atoms with Gasteiger partial charge in [-0.05, 0) is 44.9 Å². The first kappa shape index (κ1) is 25.9. The lowest BCUT2D eigenvalue weighted by Crippen LogP contribution is -2.66. The average molecular weight is 369 g/mol. The summed E-state index contributed by atoms with van der Waals surface area (Å²) < 4.78 is 2.58. The third kappa shape index (κ3) is 7.50. The fourth-order valence-corrected chi connectivity index (χ4v) is 5.40. The second kappa shape index (κ2) is 14.9. The third-order valence-electron chi connectivity index (χ3n) is 5.91. The molecule has 0 N–H and O–H groups in total. The lowest BCUT2D eigenvalue weighted by Gasteiger charge is -2.52. The first-order valence-corrected chi connectivity index (χ1v) is 11.9. The lowest BCUT2D eigenvalue weighted by molar-refractivity contribution is -1.08. The fraction of sp³-hybridized carbons (Fsp3) is 0.917. The van der Waals surface area contributed by atoms with Gasteiger partial charge in [-0.15, -0.1) is 0 Å². The van der Waals surface area contributed by atoms with Gasteiger partial charge in [0.15, 0.2) is 0 Å². The second-order valence-corrected chi connectivity index (χ2v) is 8.36. The van der Waals surface area contributed by atoms with Crippen molar-refractivity contribution < 1.29 is 8.97 Å². The SMILES string of the molecule is [CH2]CCCC[C]([N+](CCC)(CCC)CCC)[N+](CCC)(CCC)CCC. The van der Waals surface area contributed by atoms with Gasteiger partial charge in [0.05, 0.1) is 45.7 Å². The fourth-order valence-electron chi connectivity index (χ4n) is 5.40. The van der Waals surface area contributed by atoms with E-state index in [2.05, 4.69) is 48.5 Å². The number of quaternary nitrogens is 2. The zero-order valence-electron chi connectivity index (χ0n) is 19.4. The topological polar surface area (TPSA) is 0 Å². The minimum atomic E-state index is 1.08. The highest BCUT2D eigenvalue weighted by Crippen LogP contribution is 2.38. The zero-order chi connectivity index (χ0) is 19.9. The molecule has 0 unspecified atom stereocenters. The Bertz CT molecular complexity index is 253. The van der Waals surface area contributed by atoms with E-state index in [1.807, 2.05) is 6.17 Å². The molecule has 0 saturated heterocycles. The van der Waals surface area contributed by atoms with E-state index in [0.29, 0.717) is 0 Å². The molecule has 0 heterocycles. The Labute approximate surface area is 167 Å². The normalized spacial score (nSPS) is 12.9. The largest absolute Gasteiger partial charge is 0.335 e. The van der Waals surface area contributed by atoms with Gasteiger partial charge >= 0.3 is 6.17 Å². The Kier molecular flexibility index (Phi) is 14.9. The van der Waals surface area contributed by atoms with Gasteiger partial charge in [0.25, 0.3) is 0 Å². The molecule has 26 heavy (non-hydrogen) atoms. The van der Waals surface area contributed by atoms with Gasteiger partial charge in [0.1, 0.15) is 0 Å². The van der Waals surface area contributed by atoms with Gasteiger partial charge in [-0.1, -0.05) is 61.3 Å². The zero-order valence-corrected chi connectivity index (χ0v) is 19.4. The number of hydrogen-bond donors (Lipinski definition) is 0. The second-order valence-electron chi connectivity index (χ2n) is 8.36. The molecular formula is C24H52N2+2. The molecule has 2 nitrogen and oxygen atoms in total. The molecular weight excluding hydrogens is 316 g/mol. The van der Waals surface area contributed by atoms with Crippen molar-refractivity contribution in [3.8, 4) is 0 Å². The molecule has 0 fully saturated rings. The van der Waals surface area contributed by atoms with Crippen molar-refractivity contribution in [2.45, 2.75) is 106 Å². The van der Waals surface area contributed by atoms with Gasteiger partial charge in [-0.3, -0.25) is 8.97 Å². The van der Waals surface area contributed by atoms with Crippen molar-refractivity contribution in [1.29, 1.82) is 0 Å². The van der Waals surface area contributed by atoms with Crippen LogP contribution in [0.1, 0.15) is 106 Å². The van der Waals surface area contributed by atoms with Crippen LogP contribution in [0.15, 0.2) is 0 Å². The highest BCUT2D eigenvalue weighted by atomic mass is 15.6. The molecule has 2 heteroatoms. The predicted molar refractivity (Wildman–Crippen MR) is 119 cm³/mol. The standard InChI is InChI=1S/C24H52N2/c1-8-15-16-17-24(25(18-9-2,19-10-3)20-11-4)26(21-12-5,22-13-6)23-14-7/h1,8-23H2,2-7H3/q+2. The highest BCUT2D eigenvalue weighted by molar-refractivity contribution is 4.74. The van der Waals surface area contributed by atoms with Crippen LogP contribution in [0, 0.1) is 13.1 Å². The summed E-state index contributed by atoms with van der Waals surface area (Å²) in [6, 6.07) is 0. The molecule has 0 aliphatic carbocycles. The molecule has 0 bridgehead atoms. The summed E-state index contributed by atoms with van der Waals surface area (Å²) in [5.74, 6) is 0. The van der Waals surface area contributed by atoms with E-state index in [4.69, 9.17) is 0 Å². The van der Waals surface area contributed by atoms with Crippen LogP contribution in [0.5, 0.6) is 0 Å². The summed E-state index contributed by atoms with van der Waals surface area (Å²) >= 11 is 0. The van der Waals surface area contributed by atoms with Crippen LogP contribution in [0.3, 0.4) is 0 Å². The maximum atomic E-state index is 4.11. The molecule has 0 aromatic heterocycles. The third-order valence-corrected chi connectivity index (χ3v) is 5.91. The molecule has 0 rings (SSSR count). The number of nitrogens with zero attached hydrogens (tertiary/aromatic N) is 2. The number of rotatable bonds is 18. The Morgan fingerprint density at radius 2 is 0.846 bits per heavy atom. The summed E-state index contributed by atoms with van der Waals surface area (Å²) in [4.78, 5) is 0. The summed E-state index contributed by atoms with van der Waals surface area (Å²) in [6.45, 7) is 26.4. The van der Waals surface area contributed by atoms with E-state index in [0.717, 1.165) is 6.42 Å². The summed E-state index contributed by atoms with van der Waals surface area (Å²) in [5, 5.41) is 0. The van der Waals surface area contributed by atoms with Gasteiger partial charge in [0.2, 0.25) is 0 Å². The quantitative estimate of drug-likeness (QED) is 0.181. The van der Waals surface area contributed by atoms with Crippen LogP contribution in [0.25, 0.3) is 0 Å². The summed E-state index contributed by atoms with van der Waals surface area (Å²) in [7, 11) is 0. The van der Waals surface area contributed by atoms with Crippen LogP contribution in [-0.2, 0) is 0 Å². The summed E-state index contributed by atoms with van der Waals surface area (Å²) in [5.41, 5.74) is 0. The van der Waals surface area contributed by atoms with Gasteiger partial charge in [0, 0.05) is 0 Å². The smallest absolute Gasteiger partial charge is 0.261 e. The maximum absolute atomic E-state index is 4.11. The van der Waals surface area contributed by atoms with Gasteiger partial charge in [-0.2, -0.15) is 0 Å². The number of unbranched alkanes of at least 4 members (excludes halogenated alkanes) is 2. The molecule has 156 valence electrons. The Morgan fingerprint density at radius 3 is 1.08 bits per heavy atom. The van der Waals surface area contributed by atoms with Gasteiger partial charge in [-0.25, -0.2) is 0 Å². The molecule has 0 saturated carbocycles. The molecule has 0 atom stereocenters. The Balaban J connectivity index is 6.10. The Hall–Kier alpha value is -0.0800. The molecule has 0 aliphatic heterocycles. The van der Waals surface area contributed by atoms with Crippen LogP contribution in [-0.4, -0.2) is 48.2 Å². The minimum Gasteiger partial charge on any atom is -0.261 e. The van der Waals surface area contributed by atoms with Crippen molar-refractivity contribution in [2.75, 3.05) is 39.3 Å². The van der Waals surface area contributed by atoms with Crippen molar-refractivity contribution >= 4 is 0 Å². The predicted octanol–water partition coefficient (Wildman–Crippen LogP) is 6.96. The van der Waals surface area contributed by atoms with Crippen LogP contribution in [0.2, 0.25) is 0 Å². The van der Waals surface area contributed by atoms with E-state index in [1.54, 1.807) is 0 Å². The van der Waals surface area contributed by atoms with Crippen molar-refractivity contribution in [3.05, 3.63) is 13.1 Å². The van der Waals surface area contributed by atoms with Crippen LogP contribution >= 0.6 is 0 Å². The van der Waals surface area contributed by atoms with Crippen LogP contribution in [0.4, 0.5) is 0 Å². The number of hydrogen-bond acceptors (Lipinski definition) is 0. The van der Waals surface area contributed by atoms with E-state index >= 15 is 0 Å². The molecule has 0 aromatic carbocycles. The van der Waals surface area contributed by atoms with Crippen molar-refractivity contribution in [2.24, 2.45) is 0 Å². The molecule has 0 aliphatic rings. The van der Waals surface area contributed by atoms with Crippen molar-refractivity contribution in [3.63, 3.8) is 0 Å². The van der Waals surface area contributed by atoms with Crippen molar-refractivity contribution in [1.82, 2.24) is 0 Å². The van der Waals surface area contributed by atoms with Gasteiger partial charge < -0.3 is 0 Å². The van der Waals surface area contributed by atoms with E-state index < -0.39 is 0 Å². The lowest BCUT2D eigenvalue weighted by atomic mass is 10.0. The first-order chi connectivity index (χ1) is 12.6. The van der Waals surface area contributed by atoms with E-state index in [-0.39, 0.29) is 0 Å². The molecule has 0 spiro atoms. The summed E-state index contributed by atoms with van der Waals surface area (Å²) in [6.07, 6.45) is 14.7. The minimum absolute atomic E-state index is 1.08. The molecule has 0 aromatic rings. The maximum Gasteiger partial charge on any atom is 0.335 e. The van der Waals surface area contributed by atoms with E-state index in [9.17, 15) is 0 Å².